The molecule has 0 unspecified atom stereocenters. The van der Waals surface area contributed by atoms with Gasteiger partial charge in [0.15, 0.2) is 0 Å². The van der Waals surface area contributed by atoms with E-state index in [9.17, 15) is 14.7 Å². The molecule has 2 N–H and O–H groups in total. The maximum atomic E-state index is 12.2. The minimum Gasteiger partial charge on any atom is -0.478 e. The molecule has 2 aromatic rings. The number of carboxylic acids is 1. The lowest BCUT2D eigenvalue weighted by atomic mass is 10.2. The lowest BCUT2D eigenvalue weighted by Gasteiger charge is -2.24. The van der Waals surface area contributed by atoms with Crippen LogP contribution in [0.4, 0.5) is 11.5 Å². The number of carboxylic acid groups (broad SMARTS) is 1. The highest BCUT2D eigenvalue weighted by Gasteiger charge is 2.18. The fourth-order valence-electron chi connectivity index (χ4n) is 2.59. The van der Waals surface area contributed by atoms with Crippen molar-refractivity contribution < 1.29 is 14.7 Å². The number of rotatable bonds is 8. The third-order valence-corrected chi connectivity index (χ3v) is 3.68. The van der Waals surface area contributed by atoms with E-state index in [0.29, 0.717) is 17.1 Å². The van der Waals surface area contributed by atoms with E-state index in [0.717, 1.165) is 25.9 Å². The van der Waals surface area contributed by atoms with Gasteiger partial charge in [-0.3, -0.25) is 4.79 Å². The van der Waals surface area contributed by atoms with Gasteiger partial charge in [-0.15, -0.1) is 0 Å². The highest BCUT2D eigenvalue weighted by molar-refractivity contribution is 6.05. The molecular weight excluding hydrogens is 318 g/mol. The van der Waals surface area contributed by atoms with Crippen LogP contribution in [0, 0.1) is 0 Å². The van der Waals surface area contributed by atoms with Gasteiger partial charge in [0.25, 0.3) is 5.91 Å². The molecule has 0 saturated heterocycles. The fourth-order valence-corrected chi connectivity index (χ4v) is 2.59. The van der Waals surface area contributed by atoms with E-state index in [1.807, 2.05) is 24.8 Å². The monoisotopic (exact) mass is 341 g/mol. The molecule has 0 aliphatic rings. The Bertz CT molecular complexity index is 726. The number of anilines is 2. The molecule has 0 aliphatic heterocycles. The zero-order valence-corrected chi connectivity index (χ0v) is 14.5. The van der Waals surface area contributed by atoms with Crippen LogP contribution in [-0.2, 0) is 0 Å². The maximum Gasteiger partial charge on any atom is 0.339 e. The Morgan fingerprint density at radius 1 is 1.12 bits per heavy atom. The molecule has 25 heavy (non-hydrogen) atoms. The first-order valence-corrected chi connectivity index (χ1v) is 8.41. The van der Waals surface area contributed by atoms with E-state index in [2.05, 4.69) is 10.3 Å². The number of carbonyl (C=O) groups excluding carboxylic acids is 1. The fraction of sp³-hybridized carbons (Fsp3) is 0.316. The molecule has 0 saturated carbocycles. The Hall–Kier alpha value is -2.89. The van der Waals surface area contributed by atoms with E-state index in [1.54, 1.807) is 24.3 Å². The number of hydrogen-bond acceptors (Lipinski definition) is 4. The SMILES string of the molecule is CCCN(CCC)c1ncc(NC(=O)c2ccccc2)cc1C(=O)O. The predicted octanol–water partition coefficient (Wildman–Crippen LogP) is 3.66. The van der Waals surface area contributed by atoms with E-state index >= 15 is 0 Å². The van der Waals surface area contributed by atoms with Gasteiger partial charge < -0.3 is 15.3 Å². The molecule has 0 aliphatic carbocycles. The topological polar surface area (TPSA) is 82.5 Å². The summed E-state index contributed by atoms with van der Waals surface area (Å²) >= 11 is 0. The highest BCUT2D eigenvalue weighted by atomic mass is 16.4. The average Bonchev–Trinajstić information content (AvgIpc) is 2.62. The third-order valence-electron chi connectivity index (χ3n) is 3.68. The number of nitrogens with zero attached hydrogens (tertiary/aromatic N) is 2. The number of carbonyl (C=O) groups is 2. The Labute approximate surface area is 147 Å². The minimum absolute atomic E-state index is 0.0905. The van der Waals surface area contributed by atoms with Crippen molar-refractivity contribution in [2.45, 2.75) is 26.7 Å². The van der Waals surface area contributed by atoms with Crippen molar-refractivity contribution in [2.75, 3.05) is 23.3 Å². The van der Waals surface area contributed by atoms with Crippen molar-refractivity contribution in [3.63, 3.8) is 0 Å². The van der Waals surface area contributed by atoms with Crippen molar-refractivity contribution in [3.8, 4) is 0 Å². The lowest BCUT2D eigenvalue weighted by molar-refractivity contribution is 0.0696. The molecule has 6 nitrogen and oxygen atoms in total. The second-order valence-electron chi connectivity index (χ2n) is 5.71. The normalized spacial score (nSPS) is 10.3. The molecule has 0 bridgehead atoms. The highest BCUT2D eigenvalue weighted by Crippen LogP contribution is 2.22. The minimum atomic E-state index is -1.06. The van der Waals surface area contributed by atoms with Gasteiger partial charge >= 0.3 is 5.97 Å². The van der Waals surface area contributed by atoms with Crippen LogP contribution in [0.3, 0.4) is 0 Å². The van der Waals surface area contributed by atoms with Gasteiger partial charge in [0.05, 0.1) is 11.9 Å². The molecule has 1 heterocycles. The molecule has 1 aromatic carbocycles. The molecule has 1 aromatic heterocycles. The van der Waals surface area contributed by atoms with E-state index in [1.165, 1.54) is 12.3 Å². The van der Waals surface area contributed by atoms with Crippen LogP contribution in [-0.4, -0.2) is 35.1 Å². The first-order valence-electron chi connectivity index (χ1n) is 8.41. The Kier molecular flexibility index (Phi) is 6.51. The average molecular weight is 341 g/mol. The van der Waals surface area contributed by atoms with Gasteiger partial charge in [0, 0.05) is 18.7 Å². The van der Waals surface area contributed by atoms with Gasteiger partial charge in [-0.25, -0.2) is 9.78 Å². The number of aromatic nitrogens is 1. The van der Waals surface area contributed by atoms with E-state index in [4.69, 9.17) is 0 Å². The molecule has 0 spiro atoms. The molecule has 0 fully saturated rings. The Morgan fingerprint density at radius 3 is 2.32 bits per heavy atom. The molecule has 132 valence electrons. The zero-order chi connectivity index (χ0) is 18.2. The van der Waals surface area contributed by atoms with Crippen LogP contribution < -0.4 is 10.2 Å². The zero-order valence-electron chi connectivity index (χ0n) is 14.5. The summed E-state index contributed by atoms with van der Waals surface area (Å²) in [5.74, 6) is -0.921. The summed E-state index contributed by atoms with van der Waals surface area (Å²) in [4.78, 5) is 30.2. The number of aromatic carboxylic acids is 1. The molecule has 2 rings (SSSR count). The van der Waals surface area contributed by atoms with Gasteiger partial charge in [-0.05, 0) is 31.0 Å². The van der Waals surface area contributed by atoms with Crippen LogP contribution in [0.1, 0.15) is 47.4 Å². The summed E-state index contributed by atoms with van der Waals surface area (Å²) in [7, 11) is 0. The van der Waals surface area contributed by atoms with E-state index < -0.39 is 5.97 Å². The summed E-state index contributed by atoms with van der Waals surface area (Å²) in [5, 5.41) is 12.2. The smallest absolute Gasteiger partial charge is 0.339 e. The van der Waals surface area contributed by atoms with Crippen molar-refractivity contribution in [1.82, 2.24) is 4.98 Å². The van der Waals surface area contributed by atoms with Gasteiger partial charge in [0.2, 0.25) is 0 Å². The number of pyridine rings is 1. The van der Waals surface area contributed by atoms with Crippen LogP contribution in [0.15, 0.2) is 42.6 Å². The van der Waals surface area contributed by atoms with Crippen LogP contribution in [0.5, 0.6) is 0 Å². The molecular formula is C19H23N3O3. The van der Waals surface area contributed by atoms with Gasteiger partial charge in [0.1, 0.15) is 11.4 Å². The van der Waals surface area contributed by atoms with Crippen molar-refractivity contribution in [3.05, 3.63) is 53.7 Å². The first kappa shape index (κ1) is 18.4. The standard InChI is InChI=1S/C19H23N3O3/c1-3-10-22(11-4-2)17-16(19(24)25)12-15(13-20-17)21-18(23)14-8-6-5-7-9-14/h5-9,12-13H,3-4,10-11H2,1-2H3,(H,21,23)(H,24,25). The second-order valence-corrected chi connectivity index (χ2v) is 5.71. The third kappa shape index (κ3) is 4.79. The summed E-state index contributed by atoms with van der Waals surface area (Å²) in [5.41, 5.74) is 0.956. The first-order chi connectivity index (χ1) is 12.1. The Balaban J connectivity index is 2.28. The lowest BCUT2D eigenvalue weighted by Crippen LogP contribution is -2.28. The number of amides is 1. The number of hydrogen-bond donors (Lipinski definition) is 2. The largest absolute Gasteiger partial charge is 0.478 e. The van der Waals surface area contributed by atoms with Crippen molar-refractivity contribution >= 4 is 23.4 Å². The second kappa shape index (κ2) is 8.82. The predicted molar refractivity (Wildman–Crippen MR) is 98.4 cm³/mol. The number of nitrogens with one attached hydrogen (secondary N) is 1. The van der Waals surface area contributed by atoms with Crippen molar-refractivity contribution in [2.24, 2.45) is 0 Å². The molecule has 6 heteroatoms. The summed E-state index contributed by atoms with van der Waals surface area (Å²) in [6.45, 7) is 5.54. The molecule has 1 amide bonds. The quantitative estimate of drug-likeness (QED) is 0.766. The van der Waals surface area contributed by atoms with Crippen molar-refractivity contribution in [1.29, 1.82) is 0 Å². The van der Waals surface area contributed by atoms with Gasteiger partial charge in [-0.1, -0.05) is 32.0 Å². The van der Waals surface area contributed by atoms with Crippen LogP contribution in [0.2, 0.25) is 0 Å². The van der Waals surface area contributed by atoms with E-state index in [-0.39, 0.29) is 11.5 Å². The summed E-state index contributed by atoms with van der Waals surface area (Å²) < 4.78 is 0. The van der Waals surface area contributed by atoms with Crippen LogP contribution in [0.25, 0.3) is 0 Å². The van der Waals surface area contributed by atoms with Gasteiger partial charge in [-0.2, -0.15) is 0 Å². The Morgan fingerprint density at radius 2 is 1.76 bits per heavy atom. The molecule has 0 radical (unpaired) electrons. The summed E-state index contributed by atoms with van der Waals surface area (Å²) in [6, 6.07) is 10.2. The molecule has 0 atom stereocenters. The maximum absolute atomic E-state index is 12.2. The van der Waals surface area contributed by atoms with Crippen LogP contribution >= 0.6 is 0 Å². The number of benzene rings is 1. The summed E-state index contributed by atoms with van der Waals surface area (Å²) in [6.07, 6.45) is 3.29.